The van der Waals surface area contributed by atoms with Crippen molar-refractivity contribution >= 4 is 5.91 Å². The van der Waals surface area contributed by atoms with E-state index in [4.69, 9.17) is 4.74 Å². The second kappa shape index (κ2) is 7.53. The molecule has 1 aliphatic carbocycles. The Bertz CT molecular complexity index is 553. The van der Waals surface area contributed by atoms with Crippen LogP contribution in [0, 0.1) is 5.41 Å². The van der Waals surface area contributed by atoms with Crippen LogP contribution in [0.3, 0.4) is 0 Å². The van der Waals surface area contributed by atoms with Crippen LogP contribution in [-0.2, 0) is 16.1 Å². The van der Waals surface area contributed by atoms with Crippen LogP contribution in [0.15, 0.2) is 18.7 Å². The lowest BCUT2D eigenvalue weighted by atomic mass is 9.68. The monoisotopic (exact) mass is 336 g/mol. The van der Waals surface area contributed by atoms with Gasteiger partial charge in [0.1, 0.15) is 12.5 Å². The molecule has 6 nitrogen and oxygen atoms in total. The Morgan fingerprint density at radius 1 is 1.46 bits per heavy atom. The number of rotatable bonds is 7. The molecule has 0 radical (unpaired) electrons. The van der Waals surface area contributed by atoms with Crippen molar-refractivity contribution in [3.8, 4) is 0 Å². The fourth-order valence-electron chi connectivity index (χ4n) is 3.69. The van der Waals surface area contributed by atoms with Crippen molar-refractivity contribution < 1.29 is 13.9 Å². The lowest BCUT2D eigenvalue weighted by Crippen LogP contribution is -2.51. The molecule has 1 saturated heterocycles. The molecule has 2 fully saturated rings. The fraction of sp³-hybridized carbons (Fsp3) is 0.706. The molecule has 0 bridgehead atoms. The average molecular weight is 336 g/mol. The molecular weight excluding hydrogens is 311 g/mol. The van der Waals surface area contributed by atoms with Crippen molar-refractivity contribution in [3.05, 3.63) is 24.3 Å². The summed E-state index contributed by atoms with van der Waals surface area (Å²) in [7, 11) is 1.63. The Morgan fingerprint density at radius 3 is 2.83 bits per heavy atom. The first-order chi connectivity index (χ1) is 11.6. The van der Waals surface area contributed by atoms with E-state index in [0.29, 0.717) is 32.7 Å². The van der Waals surface area contributed by atoms with Gasteiger partial charge in [0.15, 0.2) is 0 Å². The van der Waals surface area contributed by atoms with Crippen molar-refractivity contribution in [2.45, 2.75) is 44.4 Å². The minimum atomic E-state index is -0.854. The number of nitrogens with zero attached hydrogens (tertiary/aromatic N) is 3. The van der Waals surface area contributed by atoms with Crippen LogP contribution in [0.25, 0.3) is 0 Å². The Morgan fingerprint density at radius 2 is 2.21 bits per heavy atom. The van der Waals surface area contributed by atoms with Crippen LogP contribution >= 0.6 is 0 Å². The highest BCUT2D eigenvalue weighted by molar-refractivity contribution is 5.83. The Kier molecular flexibility index (Phi) is 5.40. The lowest BCUT2D eigenvalue weighted by Gasteiger charge is -2.40. The number of hydrogen-bond donors (Lipinski definition) is 1. The summed E-state index contributed by atoms with van der Waals surface area (Å²) in [6.07, 6.45) is 7.37. The molecule has 132 valence electrons. The molecule has 2 aliphatic rings. The molecule has 1 amide bonds. The van der Waals surface area contributed by atoms with E-state index in [1.165, 1.54) is 6.33 Å². The largest absolute Gasteiger partial charge is 0.384 e. The van der Waals surface area contributed by atoms with Crippen LogP contribution < -0.4 is 5.32 Å². The Labute approximate surface area is 141 Å². The van der Waals surface area contributed by atoms with Crippen LogP contribution in [0.2, 0.25) is 0 Å². The fourth-order valence-corrected chi connectivity index (χ4v) is 3.69. The lowest BCUT2D eigenvalue weighted by molar-refractivity contribution is -0.140. The van der Waals surface area contributed by atoms with Gasteiger partial charge in [-0.2, -0.15) is 0 Å². The standard InChI is InChI=1S/C17H25FN4O2/c1-24-11-17(3-2-4-17)16(23)21-8-15-5-14(18)10-22(15)9-13-6-19-12-20-7-13/h6-7,12,14-15H,2-5,8-11H2,1H3,(H,21,23)/t14-,15-/m0/s1. The number of hydrogen-bond acceptors (Lipinski definition) is 5. The van der Waals surface area contributed by atoms with Crippen molar-refractivity contribution in [3.63, 3.8) is 0 Å². The van der Waals surface area contributed by atoms with Crippen molar-refractivity contribution in [2.24, 2.45) is 5.41 Å². The number of carbonyl (C=O) groups excluding carboxylic acids is 1. The van der Waals surface area contributed by atoms with Gasteiger partial charge in [-0.15, -0.1) is 0 Å². The molecule has 0 unspecified atom stereocenters. The maximum atomic E-state index is 13.9. The number of methoxy groups -OCH3 is 1. The van der Waals surface area contributed by atoms with Gasteiger partial charge >= 0.3 is 0 Å². The van der Waals surface area contributed by atoms with Gasteiger partial charge in [0, 0.05) is 50.7 Å². The van der Waals surface area contributed by atoms with Crippen LogP contribution in [0.1, 0.15) is 31.2 Å². The van der Waals surface area contributed by atoms with Gasteiger partial charge in [-0.3, -0.25) is 9.69 Å². The highest BCUT2D eigenvalue weighted by atomic mass is 19.1. The maximum absolute atomic E-state index is 13.9. The molecule has 2 atom stereocenters. The molecule has 0 aromatic carbocycles. The number of aromatic nitrogens is 2. The van der Waals surface area contributed by atoms with Crippen LogP contribution in [0.4, 0.5) is 4.39 Å². The van der Waals surface area contributed by atoms with Gasteiger partial charge in [-0.05, 0) is 19.3 Å². The van der Waals surface area contributed by atoms with E-state index in [0.717, 1.165) is 24.8 Å². The predicted molar refractivity (Wildman–Crippen MR) is 86.9 cm³/mol. The van der Waals surface area contributed by atoms with Gasteiger partial charge < -0.3 is 10.1 Å². The molecule has 7 heteroatoms. The molecule has 3 rings (SSSR count). The number of alkyl halides is 1. The number of halogens is 1. The summed E-state index contributed by atoms with van der Waals surface area (Å²) < 4.78 is 19.1. The van der Waals surface area contributed by atoms with Gasteiger partial charge in [0.2, 0.25) is 5.91 Å². The topological polar surface area (TPSA) is 67.3 Å². The zero-order chi connectivity index (χ0) is 17.0. The number of ether oxygens (including phenoxy) is 1. The highest BCUT2D eigenvalue weighted by Crippen LogP contribution is 2.41. The number of carbonyl (C=O) groups is 1. The molecule has 2 heterocycles. The first kappa shape index (κ1) is 17.2. The summed E-state index contributed by atoms with van der Waals surface area (Å²) in [4.78, 5) is 22.6. The number of nitrogens with one attached hydrogen (secondary N) is 1. The third-order valence-corrected chi connectivity index (χ3v) is 5.19. The quantitative estimate of drug-likeness (QED) is 0.813. The van der Waals surface area contributed by atoms with Gasteiger partial charge in [-0.25, -0.2) is 14.4 Å². The summed E-state index contributed by atoms with van der Waals surface area (Å²) in [6, 6.07) is 0.00354. The first-order valence-corrected chi connectivity index (χ1v) is 8.52. The van der Waals surface area contributed by atoms with Crippen molar-refractivity contribution in [1.82, 2.24) is 20.2 Å². The smallest absolute Gasteiger partial charge is 0.228 e. The third kappa shape index (κ3) is 3.72. The minimum Gasteiger partial charge on any atom is -0.384 e. The molecule has 24 heavy (non-hydrogen) atoms. The summed E-state index contributed by atoms with van der Waals surface area (Å²) in [5.41, 5.74) is 0.582. The maximum Gasteiger partial charge on any atom is 0.228 e. The zero-order valence-electron chi connectivity index (χ0n) is 14.1. The molecule has 1 aliphatic heterocycles. The van der Waals surface area contributed by atoms with E-state index in [9.17, 15) is 9.18 Å². The second-order valence-electron chi connectivity index (χ2n) is 6.94. The minimum absolute atomic E-state index is 0.00354. The van der Waals surface area contributed by atoms with E-state index in [1.54, 1.807) is 19.5 Å². The van der Waals surface area contributed by atoms with E-state index in [1.807, 2.05) is 0 Å². The molecular formula is C17H25FN4O2. The predicted octanol–water partition coefficient (Wildman–Crippen LogP) is 1.32. The van der Waals surface area contributed by atoms with E-state index in [2.05, 4.69) is 20.2 Å². The molecule has 1 aromatic rings. The summed E-state index contributed by atoms with van der Waals surface area (Å²) in [5.74, 6) is 0.0425. The summed E-state index contributed by atoms with van der Waals surface area (Å²) >= 11 is 0. The summed E-state index contributed by atoms with van der Waals surface area (Å²) in [6.45, 7) is 1.92. The average Bonchev–Trinajstić information content (AvgIpc) is 2.89. The van der Waals surface area contributed by atoms with E-state index >= 15 is 0 Å². The second-order valence-corrected chi connectivity index (χ2v) is 6.94. The highest BCUT2D eigenvalue weighted by Gasteiger charge is 2.44. The Balaban J connectivity index is 1.55. The first-order valence-electron chi connectivity index (χ1n) is 8.52. The third-order valence-electron chi connectivity index (χ3n) is 5.19. The van der Waals surface area contributed by atoms with E-state index < -0.39 is 6.17 Å². The molecule has 1 aromatic heterocycles. The molecule has 1 saturated carbocycles. The SMILES string of the molecule is COCC1(C(=O)NC[C@@H]2C[C@H](F)CN2Cc2cncnc2)CCC1. The Hall–Kier alpha value is -1.60. The van der Waals surface area contributed by atoms with Crippen molar-refractivity contribution in [1.29, 1.82) is 0 Å². The zero-order valence-corrected chi connectivity index (χ0v) is 14.1. The number of likely N-dealkylation sites (tertiary alicyclic amines) is 1. The van der Waals surface area contributed by atoms with Crippen molar-refractivity contribution in [2.75, 3.05) is 26.8 Å². The number of amides is 1. The van der Waals surface area contributed by atoms with Gasteiger partial charge in [0.05, 0.1) is 12.0 Å². The molecule has 0 spiro atoms. The van der Waals surface area contributed by atoms with E-state index in [-0.39, 0.29) is 17.4 Å². The normalized spacial score (nSPS) is 26.1. The molecule has 1 N–H and O–H groups in total. The summed E-state index contributed by atoms with van der Waals surface area (Å²) in [5, 5.41) is 3.03. The van der Waals surface area contributed by atoms with Crippen LogP contribution in [0.5, 0.6) is 0 Å². The van der Waals surface area contributed by atoms with Gasteiger partial charge in [-0.1, -0.05) is 6.42 Å². The van der Waals surface area contributed by atoms with Gasteiger partial charge in [0.25, 0.3) is 0 Å². The van der Waals surface area contributed by atoms with Crippen LogP contribution in [-0.4, -0.2) is 59.8 Å².